The van der Waals surface area contributed by atoms with E-state index >= 15 is 0 Å². The summed E-state index contributed by atoms with van der Waals surface area (Å²) >= 11 is 0. The number of nitrogens with zero attached hydrogens (tertiary/aromatic N) is 2. The first kappa shape index (κ1) is 11.3. The molecule has 0 spiro atoms. The Morgan fingerprint density at radius 2 is 2.32 bits per heavy atom. The number of anilines is 1. The number of H-pyrrole nitrogens is 1. The van der Waals surface area contributed by atoms with Gasteiger partial charge in [-0.15, -0.1) is 0 Å². The Labute approximate surface area is 107 Å². The van der Waals surface area contributed by atoms with Gasteiger partial charge in [-0.2, -0.15) is 5.10 Å². The number of carbonyl (C=O) groups is 1. The zero-order valence-corrected chi connectivity index (χ0v) is 9.88. The van der Waals surface area contributed by atoms with Gasteiger partial charge in [0.2, 0.25) is 0 Å². The Morgan fingerprint density at radius 3 is 3.11 bits per heavy atom. The SMILES string of the molecule is Nc1ccc2[nH]nc(C(=O)NCc3ccno3)c2c1. The average molecular weight is 257 g/mol. The minimum absolute atomic E-state index is 0.259. The summed E-state index contributed by atoms with van der Waals surface area (Å²) in [6, 6.07) is 6.92. The normalized spacial score (nSPS) is 10.7. The predicted molar refractivity (Wildman–Crippen MR) is 68.2 cm³/mol. The fraction of sp³-hybridized carbons (Fsp3) is 0.0833. The third-order valence-electron chi connectivity index (χ3n) is 2.72. The highest BCUT2D eigenvalue weighted by Gasteiger charge is 2.14. The van der Waals surface area contributed by atoms with Crippen LogP contribution in [0.1, 0.15) is 16.2 Å². The second-order valence-electron chi connectivity index (χ2n) is 4.04. The quantitative estimate of drug-likeness (QED) is 0.608. The second kappa shape index (κ2) is 4.45. The van der Waals surface area contributed by atoms with E-state index in [1.54, 1.807) is 24.3 Å². The molecule has 3 aromatic rings. The third-order valence-corrected chi connectivity index (χ3v) is 2.72. The Bertz CT molecular complexity index is 717. The number of amides is 1. The topological polar surface area (TPSA) is 110 Å². The lowest BCUT2D eigenvalue weighted by molar-refractivity contribution is 0.0943. The molecule has 4 N–H and O–H groups in total. The van der Waals surface area contributed by atoms with Crippen LogP contribution in [-0.4, -0.2) is 21.3 Å². The Balaban J connectivity index is 1.83. The number of nitrogen functional groups attached to an aromatic ring is 1. The van der Waals surface area contributed by atoms with Gasteiger partial charge in [0.15, 0.2) is 11.5 Å². The molecule has 96 valence electrons. The molecular formula is C12H11N5O2. The van der Waals surface area contributed by atoms with Crippen LogP contribution in [0.15, 0.2) is 35.0 Å². The summed E-state index contributed by atoms with van der Waals surface area (Å²) in [6.45, 7) is 0.259. The molecule has 0 bridgehead atoms. The number of hydrogen-bond acceptors (Lipinski definition) is 5. The molecule has 0 saturated carbocycles. The van der Waals surface area contributed by atoms with E-state index in [9.17, 15) is 4.79 Å². The Morgan fingerprint density at radius 1 is 1.42 bits per heavy atom. The summed E-state index contributed by atoms with van der Waals surface area (Å²) < 4.78 is 4.89. The summed E-state index contributed by atoms with van der Waals surface area (Å²) in [5.41, 5.74) is 7.36. The molecule has 0 fully saturated rings. The lowest BCUT2D eigenvalue weighted by atomic mass is 10.2. The van der Waals surface area contributed by atoms with E-state index < -0.39 is 0 Å². The zero-order chi connectivity index (χ0) is 13.2. The van der Waals surface area contributed by atoms with Crippen molar-refractivity contribution in [1.82, 2.24) is 20.7 Å². The van der Waals surface area contributed by atoms with E-state index in [2.05, 4.69) is 20.7 Å². The molecule has 0 unspecified atom stereocenters. The van der Waals surface area contributed by atoms with Crippen molar-refractivity contribution in [1.29, 1.82) is 0 Å². The van der Waals surface area contributed by atoms with Crippen LogP contribution >= 0.6 is 0 Å². The Hall–Kier alpha value is -2.83. The maximum atomic E-state index is 12.0. The smallest absolute Gasteiger partial charge is 0.272 e. The highest BCUT2D eigenvalue weighted by molar-refractivity contribution is 6.05. The molecule has 0 saturated heterocycles. The van der Waals surface area contributed by atoms with Crippen LogP contribution < -0.4 is 11.1 Å². The standard InChI is InChI=1S/C12H11N5O2/c13-7-1-2-10-9(5-7)11(17-16-10)12(18)14-6-8-3-4-15-19-8/h1-5H,6,13H2,(H,14,18)(H,16,17). The molecule has 0 aliphatic heterocycles. The third kappa shape index (κ3) is 2.13. The van der Waals surface area contributed by atoms with E-state index in [4.69, 9.17) is 10.3 Å². The van der Waals surface area contributed by atoms with E-state index in [0.717, 1.165) is 5.52 Å². The molecular weight excluding hydrogens is 246 g/mol. The van der Waals surface area contributed by atoms with Crippen molar-refractivity contribution in [3.63, 3.8) is 0 Å². The lowest BCUT2D eigenvalue weighted by Gasteiger charge is -2.00. The molecule has 2 heterocycles. The number of fused-ring (bicyclic) bond motifs is 1. The number of nitrogens with one attached hydrogen (secondary N) is 2. The summed E-state index contributed by atoms with van der Waals surface area (Å²) in [6.07, 6.45) is 1.52. The molecule has 0 aliphatic rings. The minimum Gasteiger partial charge on any atom is -0.399 e. The van der Waals surface area contributed by atoms with Gasteiger partial charge in [0.05, 0.1) is 18.3 Å². The number of aromatic amines is 1. The molecule has 1 amide bonds. The van der Waals surface area contributed by atoms with Crippen LogP contribution in [0.2, 0.25) is 0 Å². The van der Waals surface area contributed by atoms with E-state index in [0.29, 0.717) is 22.5 Å². The summed E-state index contributed by atoms with van der Waals surface area (Å²) in [5, 5.41) is 13.7. The summed E-state index contributed by atoms with van der Waals surface area (Å²) in [7, 11) is 0. The van der Waals surface area contributed by atoms with Crippen LogP contribution in [0.4, 0.5) is 5.69 Å². The molecule has 0 radical (unpaired) electrons. The van der Waals surface area contributed by atoms with Gasteiger partial charge in [-0.05, 0) is 18.2 Å². The molecule has 7 heteroatoms. The van der Waals surface area contributed by atoms with Gasteiger partial charge >= 0.3 is 0 Å². The molecule has 7 nitrogen and oxygen atoms in total. The van der Waals surface area contributed by atoms with Crippen molar-refractivity contribution in [2.75, 3.05) is 5.73 Å². The molecule has 0 aliphatic carbocycles. The molecule has 2 aromatic heterocycles. The Kier molecular flexibility index (Phi) is 2.64. The highest BCUT2D eigenvalue weighted by Crippen LogP contribution is 2.18. The fourth-order valence-electron chi connectivity index (χ4n) is 1.79. The average Bonchev–Trinajstić information content (AvgIpc) is 3.04. The van der Waals surface area contributed by atoms with Gasteiger partial charge in [-0.3, -0.25) is 9.89 Å². The number of aromatic nitrogens is 3. The molecule has 1 aromatic carbocycles. The lowest BCUT2D eigenvalue weighted by Crippen LogP contribution is -2.23. The van der Waals surface area contributed by atoms with Gasteiger partial charge in [0, 0.05) is 17.1 Å². The van der Waals surface area contributed by atoms with Gasteiger partial charge in [-0.1, -0.05) is 5.16 Å². The van der Waals surface area contributed by atoms with Crippen molar-refractivity contribution in [3.05, 3.63) is 41.9 Å². The van der Waals surface area contributed by atoms with Gasteiger partial charge in [0.1, 0.15) is 0 Å². The zero-order valence-electron chi connectivity index (χ0n) is 9.88. The van der Waals surface area contributed by atoms with Gasteiger partial charge in [0.25, 0.3) is 5.91 Å². The van der Waals surface area contributed by atoms with Crippen LogP contribution in [0.5, 0.6) is 0 Å². The minimum atomic E-state index is -0.298. The van der Waals surface area contributed by atoms with E-state index in [1.807, 2.05) is 0 Å². The summed E-state index contributed by atoms with van der Waals surface area (Å²) in [4.78, 5) is 12.0. The number of benzene rings is 1. The molecule has 0 atom stereocenters. The van der Waals surface area contributed by atoms with E-state index in [-0.39, 0.29) is 12.5 Å². The largest absolute Gasteiger partial charge is 0.399 e. The van der Waals surface area contributed by atoms with Crippen molar-refractivity contribution >= 4 is 22.5 Å². The second-order valence-corrected chi connectivity index (χ2v) is 4.04. The number of hydrogen-bond donors (Lipinski definition) is 3. The predicted octanol–water partition coefficient (Wildman–Crippen LogP) is 1.06. The van der Waals surface area contributed by atoms with E-state index in [1.165, 1.54) is 6.20 Å². The molecule has 3 rings (SSSR count). The van der Waals surface area contributed by atoms with Crippen LogP contribution in [0.25, 0.3) is 10.9 Å². The van der Waals surface area contributed by atoms with Crippen LogP contribution in [0.3, 0.4) is 0 Å². The van der Waals surface area contributed by atoms with Gasteiger partial charge < -0.3 is 15.6 Å². The maximum absolute atomic E-state index is 12.0. The fourth-order valence-corrected chi connectivity index (χ4v) is 1.79. The summed E-state index contributed by atoms with van der Waals surface area (Å²) in [5.74, 6) is 0.279. The number of carbonyl (C=O) groups excluding carboxylic acids is 1. The van der Waals surface area contributed by atoms with Crippen molar-refractivity contribution in [3.8, 4) is 0 Å². The van der Waals surface area contributed by atoms with Crippen LogP contribution in [0, 0.1) is 0 Å². The highest BCUT2D eigenvalue weighted by atomic mass is 16.5. The van der Waals surface area contributed by atoms with Gasteiger partial charge in [-0.25, -0.2) is 0 Å². The van der Waals surface area contributed by atoms with Crippen molar-refractivity contribution < 1.29 is 9.32 Å². The number of rotatable bonds is 3. The van der Waals surface area contributed by atoms with Crippen molar-refractivity contribution in [2.24, 2.45) is 0 Å². The first-order valence-electron chi connectivity index (χ1n) is 5.65. The number of nitrogens with two attached hydrogens (primary N) is 1. The van der Waals surface area contributed by atoms with Crippen molar-refractivity contribution in [2.45, 2.75) is 6.54 Å². The monoisotopic (exact) mass is 257 g/mol. The molecule has 19 heavy (non-hydrogen) atoms. The van der Waals surface area contributed by atoms with Crippen LogP contribution in [-0.2, 0) is 6.54 Å². The first-order chi connectivity index (χ1) is 9.24. The maximum Gasteiger partial charge on any atom is 0.272 e. The first-order valence-corrected chi connectivity index (χ1v) is 5.65.